The van der Waals surface area contributed by atoms with Gasteiger partial charge in [0.1, 0.15) is 0 Å². The van der Waals surface area contributed by atoms with E-state index in [2.05, 4.69) is 44.4 Å². The normalized spacial score (nSPS) is 12.4. The molecule has 0 bridgehead atoms. The quantitative estimate of drug-likeness (QED) is 0.702. The molecule has 0 aromatic heterocycles. The van der Waals surface area contributed by atoms with Crippen LogP contribution in [0.25, 0.3) is 0 Å². The highest BCUT2D eigenvalue weighted by Gasteiger charge is 2.18. The Morgan fingerprint density at radius 1 is 1.10 bits per heavy atom. The van der Waals surface area contributed by atoms with Crippen LogP contribution in [0, 0.1) is 5.92 Å². The number of anilines is 1. The van der Waals surface area contributed by atoms with Gasteiger partial charge in [0.05, 0.1) is 0 Å². The van der Waals surface area contributed by atoms with Crippen molar-refractivity contribution < 1.29 is 4.79 Å². The minimum absolute atomic E-state index is 0.127. The van der Waals surface area contributed by atoms with Crippen molar-refractivity contribution >= 4 is 11.6 Å². The van der Waals surface area contributed by atoms with Crippen molar-refractivity contribution in [2.75, 3.05) is 11.9 Å². The molecule has 0 fully saturated rings. The lowest BCUT2D eigenvalue weighted by Crippen LogP contribution is -2.25. The Balaban J connectivity index is 2.83. The maximum Gasteiger partial charge on any atom is 0.227 e. The van der Waals surface area contributed by atoms with E-state index < -0.39 is 0 Å². The van der Waals surface area contributed by atoms with Crippen LogP contribution in [-0.4, -0.2) is 12.5 Å². The van der Waals surface area contributed by atoms with Crippen LogP contribution in [0.2, 0.25) is 0 Å². The Morgan fingerprint density at radius 3 is 2.29 bits per heavy atom. The number of hydrogen-bond acceptors (Lipinski definition) is 2. The van der Waals surface area contributed by atoms with E-state index in [1.807, 2.05) is 18.2 Å². The van der Waals surface area contributed by atoms with Gasteiger partial charge < -0.3 is 10.6 Å². The zero-order chi connectivity index (χ0) is 15.7. The van der Waals surface area contributed by atoms with Crippen molar-refractivity contribution in [3.63, 3.8) is 0 Å². The van der Waals surface area contributed by atoms with Gasteiger partial charge in [-0.15, -0.1) is 0 Å². The molecule has 3 heteroatoms. The summed E-state index contributed by atoms with van der Waals surface area (Å²) >= 11 is 0. The highest BCUT2D eigenvalue weighted by molar-refractivity contribution is 5.93. The molecule has 1 amide bonds. The van der Waals surface area contributed by atoms with E-state index in [1.54, 1.807) is 0 Å². The van der Waals surface area contributed by atoms with E-state index in [0.717, 1.165) is 43.5 Å². The second-order valence-corrected chi connectivity index (χ2v) is 5.63. The summed E-state index contributed by atoms with van der Waals surface area (Å²) in [5.74, 6) is 0.289. The number of benzene rings is 1. The second kappa shape index (κ2) is 9.56. The molecule has 0 saturated heterocycles. The van der Waals surface area contributed by atoms with Crippen molar-refractivity contribution in [2.24, 2.45) is 5.92 Å². The average molecular weight is 290 g/mol. The molecule has 1 rings (SSSR count). The van der Waals surface area contributed by atoms with Gasteiger partial charge in [-0.1, -0.05) is 51.8 Å². The average Bonchev–Trinajstić information content (AvgIpc) is 2.47. The van der Waals surface area contributed by atoms with Crippen LogP contribution in [0.1, 0.15) is 65.0 Å². The topological polar surface area (TPSA) is 41.1 Å². The van der Waals surface area contributed by atoms with Crippen LogP contribution in [-0.2, 0) is 4.79 Å². The van der Waals surface area contributed by atoms with Crippen LogP contribution in [0.4, 0.5) is 5.69 Å². The van der Waals surface area contributed by atoms with Gasteiger partial charge in [-0.05, 0) is 37.9 Å². The zero-order valence-electron chi connectivity index (χ0n) is 13.9. The fraction of sp³-hybridized carbons (Fsp3) is 0.611. The molecule has 1 aromatic rings. The Kier molecular flexibility index (Phi) is 8.06. The maximum atomic E-state index is 12.5. The van der Waals surface area contributed by atoms with E-state index in [1.165, 1.54) is 0 Å². The third-order valence-electron chi connectivity index (χ3n) is 3.84. The summed E-state index contributed by atoms with van der Waals surface area (Å²) in [5.41, 5.74) is 2.09. The first-order chi connectivity index (χ1) is 10.1. The van der Waals surface area contributed by atoms with Gasteiger partial charge in [-0.3, -0.25) is 4.79 Å². The van der Waals surface area contributed by atoms with Crippen LogP contribution in [0.15, 0.2) is 24.3 Å². The van der Waals surface area contributed by atoms with Gasteiger partial charge >= 0.3 is 0 Å². The highest BCUT2D eigenvalue weighted by atomic mass is 16.1. The van der Waals surface area contributed by atoms with Crippen molar-refractivity contribution in [3.05, 3.63) is 29.8 Å². The third-order valence-corrected chi connectivity index (χ3v) is 3.84. The number of rotatable bonds is 9. The van der Waals surface area contributed by atoms with E-state index in [0.29, 0.717) is 0 Å². The van der Waals surface area contributed by atoms with E-state index in [4.69, 9.17) is 0 Å². The van der Waals surface area contributed by atoms with Gasteiger partial charge in [0, 0.05) is 17.6 Å². The summed E-state index contributed by atoms with van der Waals surface area (Å²) < 4.78 is 0. The Morgan fingerprint density at radius 2 is 1.71 bits per heavy atom. The van der Waals surface area contributed by atoms with E-state index in [-0.39, 0.29) is 17.9 Å². The second-order valence-electron chi connectivity index (χ2n) is 5.63. The smallest absolute Gasteiger partial charge is 0.227 e. The molecule has 3 nitrogen and oxygen atoms in total. The van der Waals surface area contributed by atoms with Crippen LogP contribution >= 0.6 is 0 Å². The first-order valence-corrected chi connectivity index (χ1v) is 8.27. The molecule has 0 aliphatic carbocycles. The lowest BCUT2D eigenvalue weighted by Gasteiger charge is -2.20. The van der Waals surface area contributed by atoms with Crippen LogP contribution in [0.3, 0.4) is 0 Å². The molecule has 118 valence electrons. The number of carbonyl (C=O) groups excluding carboxylic acids is 1. The lowest BCUT2D eigenvalue weighted by molar-refractivity contribution is -0.120. The first-order valence-electron chi connectivity index (χ1n) is 8.27. The molecule has 1 atom stereocenters. The highest BCUT2D eigenvalue weighted by Crippen LogP contribution is 2.24. The van der Waals surface area contributed by atoms with Gasteiger partial charge in [0.25, 0.3) is 0 Å². The third kappa shape index (κ3) is 5.50. The number of nitrogens with one attached hydrogen (secondary N) is 2. The SMILES string of the molecule is CCCC(CCC)C(=O)Nc1ccccc1C(C)NCC. The number of para-hydroxylation sites is 1. The summed E-state index contributed by atoms with van der Waals surface area (Å²) in [6.45, 7) is 9.41. The van der Waals surface area contributed by atoms with Gasteiger partial charge in [0.2, 0.25) is 5.91 Å². The fourth-order valence-electron chi connectivity index (χ4n) is 2.74. The molecule has 0 spiro atoms. The van der Waals surface area contributed by atoms with E-state index in [9.17, 15) is 4.79 Å². The monoisotopic (exact) mass is 290 g/mol. The molecule has 1 aromatic carbocycles. The lowest BCUT2D eigenvalue weighted by atomic mass is 9.97. The number of carbonyl (C=O) groups is 1. The molecular weight excluding hydrogens is 260 g/mol. The minimum atomic E-state index is 0.127. The minimum Gasteiger partial charge on any atom is -0.326 e. The molecule has 21 heavy (non-hydrogen) atoms. The van der Waals surface area contributed by atoms with Crippen molar-refractivity contribution in [2.45, 2.75) is 59.4 Å². The molecule has 0 aliphatic heterocycles. The largest absolute Gasteiger partial charge is 0.326 e. The van der Waals surface area contributed by atoms with Crippen LogP contribution in [0.5, 0.6) is 0 Å². The summed E-state index contributed by atoms with van der Waals surface area (Å²) in [6, 6.07) is 8.32. The van der Waals surface area contributed by atoms with Crippen LogP contribution < -0.4 is 10.6 Å². The summed E-state index contributed by atoms with van der Waals surface area (Å²) in [5, 5.41) is 6.54. The first kappa shape index (κ1) is 17.7. The number of amides is 1. The molecule has 0 radical (unpaired) electrons. The summed E-state index contributed by atoms with van der Waals surface area (Å²) in [6.07, 6.45) is 4.02. The van der Waals surface area contributed by atoms with Gasteiger partial charge in [0.15, 0.2) is 0 Å². The van der Waals surface area contributed by atoms with Gasteiger partial charge in [-0.2, -0.15) is 0 Å². The van der Waals surface area contributed by atoms with Gasteiger partial charge in [-0.25, -0.2) is 0 Å². The molecular formula is C18H30N2O. The maximum absolute atomic E-state index is 12.5. The standard InChI is InChI=1S/C18H30N2O/c1-5-10-15(11-6-2)18(21)20-17-13-9-8-12-16(17)14(4)19-7-3/h8-9,12-15,19H,5-7,10-11H2,1-4H3,(H,20,21). The number of hydrogen-bond donors (Lipinski definition) is 2. The summed E-state index contributed by atoms with van der Waals surface area (Å²) in [4.78, 5) is 12.5. The van der Waals surface area contributed by atoms with E-state index >= 15 is 0 Å². The molecule has 1 unspecified atom stereocenters. The van der Waals surface area contributed by atoms with Crippen molar-refractivity contribution in [3.8, 4) is 0 Å². The predicted octanol–water partition coefficient (Wildman–Crippen LogP) is 4.51. The molecule has 2 N–H and O–H groups in total. The summed E-state index contributed by atoms with van der Waals surface area (Å²) in [7, 11) is 0. The fourth-order valence-corrected chi connectivity index (χ4v) is 2.74. The Hall–Kier alpha value is -1.35. The van der Waals surface area contributed by atoms with Crippen molar-refractivity contribution in [1.82, 2.24) is 5.32 Å². The Labute approximate surface area is 129 Å². The van der Waals surface area contributed by atoms with Crippen molar-refractivity contribution in [1.29, 1.82) is 0 Å². The molecule has 0 aliphatic rings. The Bertz CT molecular complexity index is 425. The zero-order valence-corrected chi connectivity index (χ0v) is 13.9. The molecule has 0 saturated carbocycles. The predicted molar refractivity (Wildman–Crippen MR) is 90.5 cm³/mol. The molecule has 0 heterocycles.